The summed E-state index contributed by atoms with van der Waals surface area (Å²) in [5.74, 6) is 0.299. The van der Waals surface area contributed by atoms with Crippen LogP contribution in [0.5, 0.6) is 0 Å². The molecule has 30 heavy (non-hydrogen) atoms. The number of amides is 2. The maximum atomic E-state index is 12.9. The number of benzene rings is 1. The Morgan fingerprint density at radius 3 is 2.77 bits per heavy atom. The lowest BCUT2D eigenvalue weighted by molar-refractivity contribution is -0.117. The van der Waals surface area contributed by atoms with E-state index < -0.39 is 0 Å². The van der Waals surface area contributed by atoms with Crippen LogP contribution >= 0.6 is 0 Å². The zero-order valence-corrected chi connectivity index (χ0v) is 17.0. The SMILES string of the molecule is CCC(NC(=O)c1cnc2c(c1)N(Cc1ccccc1)C(=O)CN2)c1cnn(C)c1. The molecule has 0 radical (unpaired) electrons. The van der Waals surface area contributed by atoms with Crippen molar-refractivity contribution in [3.63, 3.8) is 0 Å². The summed E-state index contributed by atoms with van der Waals surface area (Å²) in [5, 5.41) is 10.3. The number of carbonyl (C=O) groups excluding carboxylic acids is 2. The maximum Gasteiger partial charge on any atom is 0.253 e. The van der Waals surface area contributed by atoms with Gasteiger partial charge >= 0.3 is 0 Å². The number of fused-ring (bicyclic) bond motifs is 1. The van der Waals surface area contributed by atoms with Crippen LogP contribution < -0.4 is 15.5 Å². The highest BCUT2D eigenvalue weighted by Crippen LogP contribution is 2.30. The topological polar surface area (TPSA) is 92.2 Å². The minimum Gasteiger partial charge on any atom is -0.359 e. The van der Waals surface area contributed by atoms with Gasteiger partial charge in [-0.05, 0) is 18.1 Å². The predicted octanol–water partition coefficient (Wildman–Crippen LogP) is 2.65. The van der Waals surface area contributed by atoms with Crippen LogP contribution in [0.2, 0.25) is 0 Å². The van der Waals surface area contributed by atoms with Crippen LogP contribution in [0.15, 0.2) is 55.0 Å². The molecule has 2 aromatic heterocycles. The average Bonchev–Trinajstić information content (AvgIpc) is 3.20. The van der Waals surface area contributed by atoms with E-state index >= 15 is 0 Å². The lowest BCUT2D eigenvalue weighted by Gasteiger charge is -2.30. The normalized spacial score (nSPS) is 14.1. The molecule has 1 aliphatic rings. The highest BCUT2D eigenvalue weighted by Gasteiger charge is 2.26. The van der Waals surface area contributed by atoms with Gasteiger partial charge in [-0.15, -0.1) is 0 Å². The maximum absolute atomic E-state index is 12.9. The minimum absolute atomic E-state index is 0.0625. The summed E-state index contributed by atoms with van der Waals surface area (Å²) in [4.78, 5) is 31.6. The molecule has 2 N–H and O–H groups in total. The van der Waals surface area contributed by atoms with Crippen molar-refractivity contribution in [3.05, 3.63) is 71.7 Å². The van der Waals surface area contributed by atoms with Crippen molar-refractivity contribution in [2.24, 2.45) is 7.05 Å². The third kappa shape index (κ3) is 4.03. The van der Waals surface area contributed by atoms with Crippen molar-refractivity contribution >= 4 is 23.3 Å². The number of anilines is 2. The standard InChI is InChI=1S/C22H24N6O2/c1-3-18(17-11-25-27(2)14-17)26-22(30)16-9-19-21(23-10-16)24-12-20(29)28(19)13-15-7-5-4-6-8-15/h4-11,14,18H,3,12-13H2,1-2H3,(H,23,24)(H,26,30). The summed E-state index contributed by atoms with van der Waals surface area (Å²) in [6, 6.07) is 11.3. The van der Waals surface area contributed by atoms with Gasteiger partial charge in [-0.1, -0.05) is 37.3 Å². The number of hydrogen-bond acceptors (Lipinski definition) is 5. The first-order valence-corrected chi connectivity index (χ1v) is 9.92. The highest BCUT2D eigenvalue weighted by molar-refractivity contribution is 6.04. The molecule has 8 nitrogen and oxygen atoms in total. The van der Waals surface area contributed by atoms with Crippen LogP contribution in [-0.4, -0.2) is 33.1 Å². The van der Waals surface area contributed by atoms with Crippen LogP contribution in [-0.2, 0) is 18.4 Å². The summed E-state index contributed by atoms with van der Waals surface area (Å²) >= 11 is 0. The fourth-order valence-corrected chi connectivity index (χ4v) is 3.53. The Balaban J connectivity index is 1.58. The molecule has 0 spiro atoms. The van der Waals surface area contributed by atoms with Gasteiger partial charge < -0.3 is 15.5 Å². The fraction of sp³-hybridized carbons (Fsp3) is 0.273. The van der Waals surface area contributed by atoms with Gasteiger partial charge in [0.15, 0.2) is 5.82 Å². The van der Waals surface area contributed by atoms with Gasteiger partial charge in [0, 0.05) is 25.0 Å². The Kier molecular flexibility index (Phi) is 5.47. The number of carbonyl (C=O) groups is 2. The van der Waals surface area contributed by atoms with E-state index in [1.54, 1.807) is 21.8 Å². The van der Waals surface area contributed by atoms with Gasteiger partial charge in [0.1, 0.15) is 0 Å². The number of pyridine rings is 1. The molecular weight excluding hydrogens is 380 g/mol. The second-order valence-corrected chi connectivity index (χ2v) is 7.29. The van der Waals surface area contributed by atoms with Gasteiger partial charge in [0.2, 0.25) is 5.91 Å². The summed E-state index contributed by atoms with van der Waals surface area (Å²) in [5.41, 5.74) is 2.97. The molecule has 1 aliphatic heterocycles. The van der Waals surface area contributed by atoms with Crippen LogP contribution in [0, 0.1) is 0 Å². The molecule has 0 saturated carbocycles. The Morgan fingerprint density at radius 2 is 2.07 bits per heavy atom. The first-order chi connectivity index (χ1) is 14.5. The molecule has 3 aromatic rings. The highest BCUT2D eigenvalue weighted by atomic mass is 16.2. The number of hydrogen-bond donors (Lipinski definition) is 2. The molecule has 4 rings (SSSR count). The lowest BCUT2D eigenvalue weighted by atomic mass is 10.1. The third-order valence-electron chi connectivity index (χ3n) is 5.15. The van der Waals surface area contributed by atoms with Crippen molar-refractivity contribution in [3.8, 4) is 0 Å². The average molecular weight is 404 g/mol. The first-order valence-electron chi connectivity index (χ1n) is 9.92. The molecule has 3 heterocycles. The van der Waals surface area contributed by atoms with Gasteiger partial charge in [0.25, 0.3) is 5.91 Å². The van der Waals surface area contributed by atoms with Gasteiger partial charge in [-0.2, -0.15) is 5.10 Å². The Bertz CT molecular complexity index is 1060. The third-order valence-corrected chi connectivity index (χ3v) is 5.15. The largest absolute Gasteiger partial charge is 0.359 e. The van der Waals surface area contributed by atoms with Crippen molar-refractivity contribution in [1.29, 1.82) is 0 Å². The van der Waals surface area contributed by atoms with E-state index in [0.717, 1.165) is 17.5 Å². The van der Waals surface area contributed by atoms with E-state index in [4.69, 9.17) is 0 Å². The summed E-state index contributed by atoms with van der Waals surface area (Å²) in [6.45, 7) is 2.61. The Hall–Kier alpha value is -3.68. The van der Waals surface area contributed by atoms with Crippen LogP contribution in [0.3, 0.4) is 0 Å². The van der Waals surface area contributed by atoms with Gasteiger partial charge in [-0.3, -0.25) is 14.3 Å². The molecule has 0 saturated heterocycles. The zero-order chi connectivity index (χ0) is 21.1. The van der Waals surface area contributed by atoms with Crippen LogP contribution in [0.25, 0.3) is 0 Å². The van der Waals surface area contributed by atoms with E-state index in [9.17, 15) is 9.59 Å². The zero-order valence-electron chi connectivity index (χ0n) is 17.0. The van der Waals surface area contributed by atoms with E-state index in [1.807, 2.05) is 50.5 Å². The summed E-state index contributed by atoms with van der Waals surface area (Å²) in [7, 11) is 1.84. The smallest absolute Gasteiger partial charge is 0.253 e. The van der Waals surface area contributed by atoms with Crippen LogP contribution in [0.1, 0.15) is 40.9 Å². The molecule has 1 unspecified atom stereocenters. The van der Waals surface area contributed by atoms with Crippen molar-refractivity contribution in [2.45, 2.75) is 25.9 Å². The number of nitrogens with zero attached hydrogens (tertiary/aromatic N) is 4. The summed E-state index contributed by atoms with van der Waals surface area (Å²) in [6.07, 6.45) is 5.91. The molecule has 1 aromatic carbocycles. The second kappa shape index (κ2) is 8.36. The molecular formula is C22H24N6O2. The van der Waals surface area contributed by atoms with Crippen molar-refractivity contribution in [2.75, 3.05) is 16.8 Å². The lowest BCUT2D eigenvalue weighted by Crippen LogP contribution is -2.40. The quantitative estimate of drug-likeness (QED) is 0.659. The molecule has 0 aliphatic carbocycles. The number of rotatable bonds is 6. The first kappa shape index (κ1) is 19.6. The monoisotopic (exact) mass is 404 g/mol. The van der Waals surface area contributed by atoms with Gasteiger partial charge in [-0.25, -0.2) is 4.98 Å². The van der Waals surface area contributed by atoms with Crippen molar-refractivity contribution < 1.29 is 9.59 Å². The van der Waals surface area contributed by atoms with Crippen LogP contribution in [0.4, 0.5) is 11.5 Å². The number of aryl methyl sites for hydroxylation is 1. The predicted molar refractivity (Wildman–Crippen MR) is 114 cm³/mol. The minimum atomic E-state index is -0.237. The van der Waals surface area contributed by atoms with Gasteiger partial charge in [0.05, 0.1) is 36.6 Å². The molecule has 1 atom stereocenters. The van der Waals surface area contributed by atoms with E-state index in [-0.39, 0.29) is 24.4 Å². The molecule has 0 bridgehead atoms. The second-order valence-electron chi connectivity index (χ2n) is 7.29. The number of nitrogens with one attached hydrogen (secondary N) is 2. The fourth-order valence-electron chi connectivity index (χ4n) is 3.53. The van der Waals surface area contributed by atoms with E-state index in [0.29, 0.717) is 23.6 Å². The van der Waals surface area contributed by atoms with E-state index in [1.165, 1.54) is 6.20 Å². The molecule has 8 heteroatoms. The Morgan fingerprint density at radius 1 is 1.27 bits per heavy atom. The Labute approximate surface area is 174 Å². The molecule has 0 fully saturated rings. The number of aromatic nitrogens is 3. The summed E-state index contributed by atoms with van der Waals surface area (Å²) < 4.78 is 1.71. The van der Waals surface area contributed by atoms with Crippen molar-refractivity contribution in [1.82, 2.24) is 20.1 Å². The molecule has 2 amide bonds. The van der Waals surface area contributed by atoms with E-state index in [2.05, 4.69) is 20.7 Å². The molecule has 154 valence electrons.